The lowest BCUT2D eigenvalue weighted by atomic mass is 9.73. The van der Waals surface area contributed by atoms with Gasteiger partial charge in [0.15, 0.2) is 5.82 Å². The molecule has 21 heavy (non-hydrogen) atoms. The van der Waals surface area contributed by atoms with Crippen LogP contribution in [0, 0.1) is 11.3 Å². The molecule has 3 rings (SSSR count). The van der Waals surface area contributed by atoms with Gasteiger partial charge >= 0.3 is 0 Å². The predicted molar refractivity (Wildman–Crippen MR) is 83.0 cm³/mol. The largest absolute Gasteiger partial charge is 0.339 e. The van der Waals surface area contributed by atoms with Gasteiger partial charge < -0.3 is 10.3 Å². The van der Waals surface area contributed by atoms with Gasteiger partial charge in [-0.15, -0.1) is 0 Å². The van der Waals surface area contributed by atoms with Gasteiger partial charge in [-0.25, -0.2) is 0 Å². The highest BCUT2D eigenvalue weighted by atomic mass is 16.5. The minimum Gasteiger partial charge on any atom is -0.339 e. The summed E-state index contributed by atoms with van der Waals surface area (Å²) in [6, 6.07) is 0. The molecule has 2 N–H and O–H groups in total. The van der Waals surface area contributed by atoms with Gasteiger partial charge in [-0.1, -0.05) is 31.8 Å². The van der Waals surface area contributed by atoms with Crippen molar-refractivity contribution in [3.63, 3.8) is 0 Å². The molecule has 0 saturated heterocycles. The Labute approximate surface area is 127 Å². The molecule has 118 valence electrons. The fraction of sp³-hybridized carbons (Fsp3) is 0.882. The van der Waals surface area contributed by atoms with E-state index in [-0.39, 0.29) is 0 Å². The van der Waals surface area contributed by atoms with Gasteiger partial charge in [-0.3, -0.25) is 0 Å². The Kier molecular flexibility index (Phi) is 4.34. The molecule has 1 aromatic heterocycles. The number of aromatic nitrogens is 2. The van der Waals surface area contributed by atoms with Crippen LogP contribution >= 0.6 is 0 Å². The third kappa shape index (κ3) is 3.31. The van der Waals surface area contributed by atoms with Crippen LogP contribution in [0.25, 0.3) is 0 Å². The standard InChI is InChI=1S/C17H29N3O/c1-17(2)9-7-12(8-10-17)15-19-16(21-20-15)14-6-4-3-5-13(14)11-18/h12-14H,3-11,18H2,1-2H3. The van der Waals surface area contributed by atoms with Crippen LogP contribution in [-0.4, -0.2) is 16.7 Å². The maximum Gasteiger partial charge on any atom is 0.230 e. The second-order valence-electron chi connectivity index (χ2n) is 7.82. The molecule has 2 aliphatic rings. The third-order valence-electron chi connectivity index (χ3n) is 5.69. The highest BCUT2D eigenvalue weighted by molar-refractivity contribution is 5.03. The highest BCUT2D eigenvalue weighted by Gasteiger charge is 2.33. The van der Waals surface area contributed by atoms with Crippen LogP contribution in [0.4, 0.5) is 0 Å². The molecule has 2 saturated carbocycles. The monoisotopic (exact) mass is 291 g/mol. The van der Waals surface area contributed by atoms with Crippen LogP contribution in [-0.2, 0) is 0 Å². The van der Waals surface area contributed by atoms with Gasteiger partial charge in [0.25, 0.3) is 0 Å². The first kappa shape index (κ1) is 15.0. The lowest BCUT2D eigenvalue weighted by Gasteiger charge is -2.32. The molecule has 0 radical (unpaired) electrons. The number of hydrogen-bond donors (Lipinski definition) is 1. The smallest absolute Gasteiger partial charge is 0.230 e. The minimum atomic E-state index is 0.394. The molecule has 4 heteroatoms. The maximum absolute atomic E-state index is 5.92. The molecule has 2 atom stereocenters. The van der Waals surface area contributed by atoms with E-state index >= 15 is 0 Å². The number of nitrogens with zero attached hydrogens (tertiary/aromatic N) is 2. The summed E-state index contributed by atoms with van der Waals surface area (Å²) in [5.41, 5.74) is 6.40. The summed E-state index contributed by atoms with van der Waals surface area (Å²) in [4.78, 5) is 4.77. The van der Waals surface area contributed by atoms with E-state index in [1.54, 1.807) is 0 Å². The van der Waals surface area contributed by atoms with Crippen molar-refractivity contribution in [3.8, 4) is 0 Å². The van der Waals surface area contributed by atoms with Gasteiger partial charge in [-0.05, 0) is 56.4 Å². The topological polar surface area (TPSA) is 64.9 Å². The molecule has 0 bridgehead atoms. The first-order chi connectivity index (χ1) is 10.1. The molecular formula is C17H29N3O. The predicted octanol–water partition coefficient (Wildman–Crippen LogP) is 3.99. The summed E-state index contributed by atoms with van der Waals surface area (Å²) in [6.07, 6.45) is 9.81. The molecule has 1 heterocycles. The van der Waals surface area contributed by atoms with Crippen LogP contribution in [0.5, 0.6) is 0 Å². The maximum atomic E-state index is 5.92. The van der Waals surface area contributed by atoms with Crippen molar-refractivity contribution in [2.24, 2.45) is 17.1 Å². The summed E-state index contributed by atoms with van der Waals surface area (Å²) in [6.45, 7) is 5.46. The number of hydrogen-bond acceptors (Lipinski definition) is 4. The Hall–Kier alpha value is -0.900. The van der Waals surface area contributed by atoms with Crippen molar-refractivity contribution < 1.29 is 4.52 Å². The Balaban J connectivity index is 1.68. The van der Waals surface area contributed by atoms with E-state index in [0.29, 0.717) is 23.2 Å². The summed E-state index contributed by atoms with van der Waals surface area (Å²) < 4.78 is 5.62. The van der Waals surface area contributed by atoms with Crippen molar-refractivity contribution in [1.82, 2.24) is 10.1 Å². The fourth-order valence-electron chi connectivity index (χ4n) is 4.04. The van der Waals surface area contributed by atoms with Crippen molar-refractivity contribution in [3.05, 3.63) is 11.7 Å². The first-order valence-electron chi connectivity index (χ1n) is 8.62. The van der Waals surface area contributed by atoms with E-state index in [1.807, 2.05) is 0 Å². The van der Waals surface area contributed by atoms with E-state index in [1.165, 1.54) is 44.9 Å². The van der Waals surface area contributed by atoms with Crippen LogP contribution in [0.2, 0.25) is 0 Å². The highest BCUT2D eigenvalue weighted by Crippen LogP contribution is 2.42. The molecule has 0 spiro atoms. The molecule has 2 aliphatic carbocycles. The quantitative estimate of drug-likeness (QED) is 0.914. The van der Waals surface area contributed by atoms with E-state index < -0.39 is 0 Å². The van der Waals surface area contributed by atoms with Crippen LogP contribution < -0.4 is 5.73 Å². The van der Waals surface area contributed by atoms with Crippen LogP contribution in [0.1, 0.15) is 88.8 Å². The first-order valence-corrected chi connectivity index (χ1v) is 8.62. The van der Waals surface area contributed by atoms with Gasteiger partial charge in [0, 0.05) is 11.8 Å². The molecule has 0 amide bonds. The Morgan fingerprint density at radius 2 is 1.86 bits per heavy atom. The second kappa shape index (κ2) is 6.07. The fourth-order valence-corrected chi connectivity index (χ4v) is 4.04. The van der Waals surface area contributed by atoms with E-state index in [2.05, 4.69) is 19.0 Å². The average Bonchev–Trinajstić information content (AvgIpc) is 2.97. The Bertz CT molecular complexity index is 458. The lowest BCUT2D eigenvalue weighted by molar-refractivity contribution is 0.217. The molecule has 1 aromatic rings. The van der Waals surface area contributed by atoms with Gasteiger partial charge in [0.05, 0.1) is 0 Å². The van der Waals surface area contributed by atoms with Gasteiger partial charge in [-0.2, -0.15) is 4.98 Å². The van der Waals surface area contributed by atoms with Crippen LogP contribution in [0.3, 0.4) is 0 Å². The van der Waals surface area contributed by atoms with Gasteiger partial charge in [0.1, 0.15) is 0 Å². The molecular weight excluding hydrogens is 262 g/mol. The van der Waals surface area contributed by atoms with Crippen molar-refractivity contribution in [1.29, 1.82) is 0 Å². The van der Waals surface area contributed by atoms with Crippen molar-refractivity contribution in [2.75, 3.05) is 6.54 Å². The summed E-state index contributed by atoms with van der Waals surface area (Å²) in [5.74, 6) is 3.21. The van der Waals surface area contributed by atoms with Crippen molar-refractivity contribution in [2.45, 2.75) is 77.0 Å². The van der Waals surface area contributed by atoms with E-state index in [9.17, 15) is 0 Å². The third-order valence-corrected chi connectivity index (χ3v) is 5.69. The second-order valence-corrected chi connectivity index (χ2v) is 7.82. The normalized spacial score (nSPS) is 30.4. The Morgan fingerprint density at radius 3 is 2.57 bits per heavy atom. The van der Waals surface area contributed by atoms with E-state index in [0.717, 1.165) is 24.7 Å². The summed E-state index contributed by atoms with van der Waals surface area (Å²) in [5, 5.41) is 4.30. The molecule has 4 nitrogen and oxygen atoms in total. The average molecular weight is 291 g/mol. The van der Waals surface area contributed by atoms with Crippen molar-refractivity contribution >= 4 is 0 Å². The lowest BCUT2D eigenvalue weighted by Crippen LogP contribution is -2.25. The SMILES string of the molecule is CC1(C)CCC(c2noc(C3CCCCC3CN)n2)CC1. The minimum absolute atomic E-state index is 0.394. The molecule has 2 unspecified atom stereocenters. The molecule has 0 aliphatic heterocycles. The number of rotatable bonds is 3. The molecule has 2 fully saturated rings. The Morgan fingerprint density at radius 1 is 1.14 bits per heavy atom. The zero-order chi connectivity index (χ0) is 14.9. The zero-order valence-electron chi connectivity index (χ0n) is 13.5. The summed E-state index contributed by atoms with van der Waals surface area (Å²) >= 11 is 0. The zero-order valence-corrected chi connectivity index (χ0v) is 13.5. The molecule has 0 aromatic carbocycles. The van der Waals surface area contributed by atoms with E-state index in [4.69, 9.17) is 15.2 Å². The number of nitrogens with two attached hydrogens (primary N) is 1. The summed E-state index contributed by atoms with van der Waals surface area (Å²) in [7, 11) is 0. The van der Waals surface area contributed by atoms with Gasteiger partial charge in [0.2, 0.25) is 5.89 Å². The van der Waals surface area contributed by atoms with Crippen LogP contribution in [0.15, 0.2) is 4.52 Å².